The summed E-state index contributed by atoms with van der Waals surface area (Å²) in [5, 5.41) is 14.2. The average Bonchev–Trinajstić information content (AvgIpc) is 2.63. The number of quaternary nitrogens is 1. The van der Waals surface area contributed by atoms with Crippen LogP contribution in [0.5, 0.6) is 0 Å². The van der Waals surface area contributed by atoms with Crippen molar-refractivity contribution >= 4 is 13.7 Å². The summed E-state index contributed by atoms with van der Waals surface area (Å²) in [6, 6.07) is -0.765. The molecule has 0 aromatic rings. The van der Waals surface area contributed by atoms with Gasteiger partial charge in [-0.15, -0.1) is 0 Å². The molecule has 0 fully saturated rings. The summed E-state index contributed by atoms with van der Waals surface area (Å²) in [7, 11) is 1.63. The Morgan fingerprint density at radius 2 is 0.652 bits per heavy atom. The first kappa shape index (κ1) is 89.7. The lowest BCUT2D eigenvalue weighted by Gasteiger charge is -2.26. The van der Waals surface area contributed by atoms with Crippen molar-refractivity contribution in [2.45, 2.75) is 398 Å². The Bertz CT molecular complexity index is 1780. The van der Waals surface area contributed by atoms with Crippen molar-refractivity contribution in [3.8, 4) is 0 Å². The van der Waals surface area contributed by atoms with Crippen LogP contribution in [0.25, 0.3) is 0 Å². The molecule has 0 aromatic carbocycles. The van der Waals surface area contributed by atoms with Gasteiger partial charge in [0, 0.05) is 6.42 Å². The topological polar surface area (TPSA) is 105 Å². The molecule has 0 aromatic heterocycles. The molecule has 538 valence electrons. The number of rotatable bonds is 74. The number of nitrogens with one attached hydrogen (secondary N) is 1. The zero-order chi connectivity index (χ0) is 66.9. The third-order valence-corrected chi connectivity index (χ3v) is 19.1. The van der Waals surface area contributed by atoms with Gasteiger partial charge in [0.05, 0.1) is 39.9 Å². The van der Waals surface area contributed by atoms with Gasteiger partial charge in [-0.2, -0.15) is 0 Å². The molecule has 0 spiro atoms. The van der Waals surface area contributed by atoms with Crippen molar-refractivity contribution in [1.82, 2.24) is 5.32 Å². The van der Waals surface area contributed by atoms with Gasteiger partial charge >= 0.3 is 7.82 Å². The first-order valence-electron chi connectivity index (χ1n) is 40.0. The fraction of sp³-hybridized carbons (Fsp3) is 0.819. The maximum absolute atomic E-state index is 13.1. The van der Waals surface area contributed by atoms with E-state index in [2.05, 4.69) is 104 Å². The number of likely N-dealkylation sites (N-methyl/N-ethyl adjacent to an activating group) is 1. The lowest BCUT2D eigenvalue weighted by molar-refractivity contribution is -0.870. The van der Waals surface area contributed by atoms with Gasteiger partial charge in [-0.3, -0.25) is 13.8 Å². The Hall–Kier alpha value is -2.32. The molecule has 92 heavy (non-hydrogen) atoms. The summed E-state index contributed by atoms with van der Waals surface area (Å²) in [6.45, 7) is 4.83. The van der Waals surface area contributed by atoms with Gasteiger partial charge in [0.1, 0.15) is 13.2 Å². The van der Waals surface area contributed by atoms with Crippen LogP contribution in [0.2, 0.25) is 0 Å². The largest absolute Gasteiger partial charge is 0.472 e. The van der Waals surface area contributed by atoms with Crippen LogP contribution in [-0.4, -0.2) is 73.4 Å². The molecule has 8 nitrogen and oxygen atoms in total. The summed E-state index contributed by atoms with van der Waals surface area (Å²) in [4.78, 5) is 23.5. The molecule has 3 N–H and O–H groups in total. The zero-order valence-electron chi connectivity index (χ0n) is 61.8. The van der Waals surface area contributed by atoms with Crippen molar-refractivity contribution < 1.29 is 32.9 Å². The molecule has 0 aliphatic carbocycles. The minimum Gasteiger partial charge on any atom is -0.391 e. The predicted octanol–water partition coefficient (Wildman–Crippen LogP) is 26.2. The van der Waals surface area contributed by atoms with E-state index in [4.69, 9.17) is 9.05 Å². The smallest absolute Gasteiger partial charge is 0.391 e. The maximum atomic E-state index is 13.1. The van der Waals surface area contributed by atoms with Gasteiger partial charge in [0.25, 0.3) is 0 Å². The number of aliphatic hydroxyl groups is 1. The fourth-order valence-electron chi connectivity index (χ4n) is 12.0. The highest BCUT2D eigenvalue weighted by Gasteiger charge is 2.28. The van der Waals surface area contributed by atoms with E-state index >= 15 is 0 Å². The minimum atomic E-state index is -4.34. The molecule has 0 saturated carbocycles. The van der Waals surface area contributed by atoms with Crippen LogP contribution in [-0.2, 0) is 18.4 Å². The number of hydrogen-bond acceptors (Lipinski definition) is 5. The Morgan fingerprint density at radius 3 is 0.957 bits per heavy atom. The lowest BCUT2D eigenvalue weighted by atomic mass is 10.0. The first-order chi connectivity index (χ1) is 45.0. The molecule has 0 rings (SSSR count). The first-order valence-corrected chi connectivity index (χ1v) is 41.4. The highest BCUT2D eigenvalue weighted by molar-refractivity contribution is 7.47. The maximum Gasteiger partial charge on any atom is 0.472 e. The standard InChI is InChI=1S/C83H155N2O6P/c1-6-8-10-12-14-16-18-20-22-24-26-28-30-32-34-36-37-38-39-40-41-42-43-44-45-46-47-49-51-53-55-57-59-61-63-65-67-69-71-73-75-77-83(87)84-81(80-91-92(88,89)90-79-78-85(3,4)5)82(86)76-74-72-70-68-66-64-62-60-58-56-54-52-50-48-35-33-31-29-27-25-23-21-19-17-15-13-11-9-7-2/h8,10,14,16,20,22,26,28,32,34,37-38,40-41,81-82,86H,6-7,9,11-13,15,17-19,21,23-25,27,29-31,33,35-36,39,42-80H2,1-5H3,(H-,84,87,88,89)/p+1/b10-8-,16-14-,22-20-,28-26-,34-32-,38-37-,41-40-. The van der Waals surface area contributed by atoms with Crippen LogP contribution >= 0.6 is 7.82 Å². The molecule has 0 saturated heterocycles. The molecule has 3 atom stereocenters. The monoisotopic (exact) mass is 1310 g/mol. The normalized spacial score (nSPS) is 13.9. The second-order valence-electron chi connectivity index (χ2n) is 28.4. The highest BCUT2D eigenvalue weighted by Crippen LogP contribution is 2.43. The molecule has 0 aliphatic heterocycles. The van der Waals surface area contributed by atoms with Crippen molar-refractivity contribution in [2.75, 3.05) is 40.9 Å². The number of nitrogens with zero attached hydrogens (tertiary/aromatic N) is 1. The third-order valence-electron chi connectivity index (χ3n) is 18.2. The van der Waals surface area contributed by atoms with Gasteiger partial charge in [-0.1, -0.05) is 394 Å². The molecule has 1 amide bonds. The quantitative estimate of drug-likeness (QED) is 0.0243. The summed E-state index contributed by atoms with van der Waals surface area (Å²) in [5.74, 6) is -0.138. The fourth-order valence-corrected chi connectivity index (χ4v) is 12.8. The number of allylic oxidation sites excluding steroid dienone is 14. The molecular weight excluding hydrogens is 1150 g/mol. The highest BCUT2D eigenvalue weighted by atomic mass is 31.2. The third kappa shape index (κ3) is 75.1. The van der Waals surface area contributed by atoms with Crippen molar-refractivity contribution in [3.63, 3.8) is 0 Å². The molecule has 0 bridgehead atoms. The second-order valence-corrected chi connectivity index (χ2v) is 29.9. The van der Waals surface area contributed by atoms with Crippen LogP contribution in [0.3, 0.4) is 0 Å². The Kier molecular flexibility index (Phi) is 71.1. The van der Waals surface area contributed by atoms with E-state index < -0.39 is 20.0 Å². The van der Waals surface area contributed by atoms with E-state index in [1.165, 1.54) is 276 Å². The molecule has 0 aliphatic rings. The summed E-state index contributed by atoms with van der Waals surface area (Å²) >= 11 is 0. The van der Waals surface area contributed by atoms with Crippen molar-refractivity contribution in [1.29, 1.82) is 0 Å². The summed E-state index contributed by atoms with van der Waals surface area (Å²) in [5.41, 5.74) is 0. The predicted molar refractivity (Wildman–Crippen MR) is 406 cm³/mol. The van der Waals surface area contributed by atoms with Crippen LogP contribution in [0.15, 0.2) is 85.1 Å². The second kappa shape index (κ2) is 72.9. The number of carbonyl (C=O) groups excluding carboxylic acids is 1. The van der Waals surface area contributed by atoms with Gasteiger partial charge in [0.15, 0.2) is 0 Å². The summed E-state index contributed by atoms with van der Waals surface area (Å²) < 4.78 is 24.0. The number of phosphoric ester groups is 1. The van der Waals surface area contributed by atoms with Crippen LogP contribution < -0.4 is 5.32 Å². The van der Waals surface area contributed by atoms with Gasteiger partial charge < -0.3 is 19.8 Å². The number of phosphoric acid groups is 1. The number of hydrogen-bond donors (Lipinski definition) is 3. The van der Waals surface area contributed by atoms with Crippen LogP contribution in [0.4, 0.5) is 0 Å². The Labute approximate surface area is 573 Å². The van der Waals surface area contributed by atoms with Gasteiger partial charge in [-0.25, -0.2) is 4.57 Å². The van der Waals surface area contributed by atoms with Crippen molar-refractivity contribution in [3.05, 3.63) is 85.1 Å². The number of amides is 1. The Balaban J connectivity index is 3.94. The molecular formula is C83H156N2O6P+. The summed E-state index contributed by atoms with van der Waals surface area (Å²) in [6.07, 6.45) is 104. The van der Waals surface area contributed by atoms with Gasteiger partial charge in [-0.05, 0) is 70.6 Å². The number of unbranched alkanes of at least 4 members (excludes halogenated alkanes) is 47. The minimum absolute atomic E-state index is 0.0749. The molecule has 0 heterocycles. The molecule has 3 unspecified atom stereocenters. The molecule has 0 radical (unpaired) electrons. The van der Waals surface area contributed by atoms with Crippen LogP contribution in [0.1, 0.15) is 386 Å². The SMILES string of the molecule is CC/C=C\C/C=C\C/C=C\C/C=C\C/C=C\C/C=C\C/C=C\CCCCCCCCCCCCCCCCCCCCCC(=O)NC(COP(=O)(O)OCC[N+](C)(C)C)C(O)CCCCCCCCCCCCCCCCCCCCCCCCCCCCCCC. The van der Waals surface area contributed by atoms with Gasteiger partial charge in [0.2, 0.25) is 5.91 Å². The van der Waals surface area contributed by atoms with E-state index in [1.807, 2.05) is 21.1 Å². The van der Waals surface area contributed by atoms with E-state index in [1.54, 1.807) is 0 Å². The van der Waals surface area contributed by atoms with E-state index in [-0.39, 0.29) is 19.1 Å². The van der Waals surface area contributed by atoms with E-state index in [0.717, 1.165) is 83.5 Å². The van der Waals surface area contributed by atoms with E-state index in [0.29, 0.717) is 23.9 Å². The van der Waals surface area contributed by atoms with Crippen LogP contribution in [0, 0.1) is 0 Å². The zero-order valence-corrected chi connectivity index (χ0v) is 62.7. The van der Waals surface area contributed by atoms with E-state index in [9.17, 15) is 19.4 Å². The number of carbonyl (C=O) groups is 1. The number of aliphatic hydroxyl groups excluding tert-OH is 1. The lowest BCUT2D eigenvalue weighted by Crippen LogP contribution is -2.46. The van der Waals surface area contributed by atoms with Crippen molar-refractivity contribution in [2.24, 2.45) is 0 Å². The average molecular weight is 1310 g/mol. The Morgan fingerprint density at radius 1 is 0.380 bits per heavy atom. The molecule has 9 heteroatoms.